The first-order valence-electron chi connectivity index (χ1n) is 7.65. The third-order valence-electron chi connectivity index (χ3n) is 3.82. The van der Waals surface area contributed by atoms with Gasteiger partial charge in [-0.3, -0.25) is 4.79 Å². The number of carboxylic acids is 1. The molecule has 1 aliphatic heterocycles. The topological polar surface area (TPSA) is 69.6 Å². The number of rotatable bonds is 7. The van der Waals surface area contributed by atoms with Crippen LogP contribution in [0.1, 0.15) is 52.9 Å². The van der Waals surface area contributed by atoms with Gasteiger partial charge in [0.2, 0.25) is 0 Å². The van der Waals surface area contributed by atoms with E-state index in [0.29, 0.717) is 19.0 Å². The molecule has 0 spiro atoms. The van der Waals surface area contributed by atoms with Gasteiger partial charge in [-0.1, -0.05) is 26.7 Å². The smallest absolute Gasteiger partial charge is 0.317 e. The number of amides is 2. The van der Waals surface area contributed by atoms with Gasteiger partial charge in [-0.05, 0) is 31.6 Å². The first-order chi connectivity index (χ1) is 9.38. The Kier molecular flexibility index (Phi) is 6.82. The van der Waals surface area contributed by atoms with Crippen LogP contribution in [0.15, 0.2) is 0 Å². The van der Waals surface area contributed by atoms with Gasteiger partial charge in [0.05, 0.1) is 0 Å². The van der Waals surface area contributed by atoms with Crippen LogP contribution < -0.4 is 5.32 Å². The quantitative estimate of drug-likeness (QED) is 0.755. The number of hydrogen-bond acceptors (Lipinski definition) is 2. The Morgan fingerprint density at radius 1 is 1.30 bits per heavy atom. The molecule has 0 radical (unpaired) electrons. The molecule has 2 amide bonds. The number of carboxylic acid groups (broad SMARTS) is 1. The van der Waals surface area contributed by atoms with Crippen LogP contribution in [0.4, 0.5) is 4.79 Å². The molecule has 0 aromatic heterocycles. The van der Waals surface area contributed by atoms with Crippen molar-refractivity contribution in [2.75, 3.05) is 13.1 Å². The number of aliphatic carboxylic acids is 1. The van der Waals surface area contributed by atoms with E-state index in [9.17, 15) is 9.59 Å². The second kappa shape index (κ2) is 8.12. The van der Waals surface area contributed by atoms with E-state index in [0.717, 1.165) is 19.3 Å². The van der Waals surface area contributed by atoms with E-state index in [-0.39, 0.29) is 24.4 Å². The molecule has 1 heterocycles. The molecule has 2 unspecified atom stereocenters. The van der Waals surface area contributed by atoms with Gasteiger partial charge in [0, 0.05) is 25.6 Å². The Morgan fingerprint density at radius 2 is 2.00 bits per heavy atom. The number of carbonyl (C=O) groups excluding carboxylic acids is 1. The second-order valence-corrected chi connectivity index (χ2v) is 6.37. The van der Waals surface area contributed by atoms with Crippen molar-refractivity contribution in [1.29, 1.82) is 0 Å². The number of likely N-dealkylation sites (tertiary alicyclic amines) is 1. The number of nitrogens with one attached hydrogen (secondary N) is 1. The minimum atomic E-state index is -0.778. The van der Waals surface area contributed by atoms with Crippen LogP contribution in [-0.4, -0.2) is 41.1 Å². The van der Waals surface area contributed by atoms with Gasteiger partial charge in [-0.15, -0.1) is 0 Å². The molecular weight excluding hydrogens is 256 g/mol. The predicted octanol–water partition coefficient (Wildman–Crippen LogP) is 2.71. The molecule has 1 fully saturated rings. The zero-order chi connectivity index (χ0) is 15.1. The molecule has 2 atom stereocenters. The SMILES string of the molecule is CC(C)CCCC(C)NC(=O)N1CCC(CC(=O)O)C1. The molecule has 5 heteroatoms. The molecule has 0 saturated carbocycles. The lowest BCUT2D eigenvalue weighted by Crippen LogP contribution is -2.42. The van der Waals surface area contributed by atoms with Crippen LogP contribution in [0.25, 0.3) is 0 Å². The molecule has 2 N–H and O–H groups in total. The monoisotopic (exact) mass is 284 g/mol. The maximum absolute atomic E-state index is 12.1. The number of carbonyl (C=O) groups is 2. The van der Waals surface area contributed by atoms with Gasteiger partial charge in [0.1, 0.15) is 0 Å². The summed E-state index contributed by atoms with van der Waals surface area (Å²) in [7, 11) is 0. The fraction of sp³-hybridized carbons (Fsp3) is 0.867. The standard InChI is InChI=1S/C15H28N2O3/c1-11(2)5-4-6-12(3)16-15(20)17-8-7-13(10-17)9-14(18)19/h11-13H,4-10H2,1-3H3,(H,16,20)(H,18,19). The first kappa shape index (κ1) is 16.8. The molecule has 116 valence electrons. The molecule has 1 aliphatic rings. The molecular formula is C15H28N2O3. The average Bonchev–Trinajstić information content (AvgIpc) is 2.75. The fourth-order valence-corrected chi connectivity index (χ4v) is 2.64. The van der Waals surface area contributed by atoms with E-state index in [2.05, 4.69) is 19.2 Å². The molecule has 1 rings (SSSR count). The minimum absolute atomic E-state index is 0.0464. The Morgan fingerprint density at radius 3 is 2.60 bits per heavy atom. The summed E-state index contributed by atoms with van der Waals surface area (Å²) >= 11 is 0. The third-order valence-corrected chi connectivity index (χ3v) is 3.82. The van der Waals surface area contributed by atoms with Crippen LogP contribution in [0.2, 0.25) is 0 Å². The van der Waals surface area contributed by atoms with Crippen LogP contribution in [0.5, 0.6) is 0 Å². The molecule has 20 heavy (non-hydrogen) atoms. The highest BCUT2D eigenvalue weighted by molar-refractivity contribution is 5.75. The van der Waals surface area contributed by atoms with Crippen LogP contribution in [0.3, 0.4) is 0 Å². The summed E-state index contributed by atoms with van der Waals surface area (Å²) in [5.41, 5.74) is 0. The Hall–Kier alpha value is -1.26. The maximum Gasteiger partial charge on any atom is 0.317 e. The van der Waals surface area contributed by atoms with Crippen molar-refractivity contribution in [1.82, 2.24) is 10.2 Å². The number of nitrogens with zero attached hydrogens (tertiary/aromatic N) is 1. The largest absolute Gasteiger partial charge is 0.481 e. The van der Waals surface area contributed by atoms with E-state index in [1.54, 1.807) is 4.90 Å². The van der Waals surface area contributed by atoms with Crippen molar-refractivity contribution in [3.63, 3.8) is 0 Å². The Balaban J connectivity index is 2.24. The van der Waals surface area contributed by atoms with Crippen molar-refractivity contribution >= 4 is 12.0 Å². The number of urea groups is 1. The molecule has 0 aromatic rings. The van der Waals surface area contributed by atoms with E-state index < -0.39 is 5.97 Å². The van der Waals surface area contributed by atoms with E-state index >= 15 is 0 Å². The summed E-state index contributed by atoms with van der Waals surface area (Å²) in [6, 6.07) is 0.134. The minimum Gasteiger partial charge on any atom is -0.481 e. The second-order valence-electron chi connectivity index (χ2n) is 6.37. The average molecular weight is 284 g/mol. The predicted molar refractivity (Wildman–Crippen MR) is 78.6 cm³/mol. The molecule has 1 saturated heterocycles. The van der Waals surface area contributed by atoms with Gasteiger partial charge in [-0.25, -0.2) is 4.79 Å². The fourth-order valence-electron chi connectivity index (χ4n) is 2.64. The lowest BCUT2D eigenvalue weighted by atomic mass is 10.0. The van der Waals surface area contributed by atoms with Gasteiger partial charge in [-0.2, -0.15) is 0 Å². The highest BCUT2D eigenvalue weighted by atomic mass is 16.4. The van der Waals surface area contributed by atoms with Crippen molar-refractivity contribution in [2.24, 2.45) is 11.8 Å². The van der Waals surface area contributed by atoms with E-state index in [1.165, 1.54) is 6.42 Å². The van der Waals surface area contributed by atoms with E-state index in [4.69, 9.17) is 5.11 Å². The van der Waals surface area contributed by atoms with Gasteiger partial charge in [0.25, 0.3) is 0 Å². The Bertz CT molecular complexity index is 331. The zero-order valence-electron chi connectivity index (χ0n) is 12.9. The molecule has 5 nitrogen and oxygen atoms in total. The summed E-state index contributed by atoms with van der Waals surface area (Å²) in [5.74, 6) is 0.0297. The lowest BCUT2D eigenvalue weighted by molar-refractivity contribution is -0.138. The summed E-state index contributed by atoms with van der Waals surface area (Å²) in [5, 5.41) is 11.8. The van der Waals surface area contributed by atoms with E-state index in [1.807, 2.05) is 6.92 Å². The van der Waals surface area contributed by atoms with Crippen molar-refractivity contribution in [2.45, 2.75) is 58.9 Å². The summed E-state index contributed by atoms with van der Waals surface area (Å²) in [4.78, 5) is 24.5. The van der Waals surface area contributed by atoms with Crippen molar-refractivity contribution in [3.05, 3.63) is 0 Å². The summed E-state index contributed by atoms with van der Waals surface area (Å²) < 4.78 is 0. The van der Waals surface area contributed by atoms with Crippen LogP contribution in [0, 0.1) is 11.8 Å². The maximum atomic E-state index is 12.1. The zero-order valence-corrected chi connectivity index (χ0v) is 12.9. The van der Waals surface area contributed by atoms with Crippen molar-refractivity contribution < 1.29 is 14.7 Å². The van der Waals surface area contributed by atoms with Crippen molar-refractivity contribution in [3.8, 4) is 0 Å². The molecule has 0 aromatic carbocycles. The normalized spacial score (nSPS) is 20.2. The highest BCUT2D eigenvalue weighted by Crippen LogP contribution is 2.19. The molecule has 0 bridgehead atoms. The molecule has 0 aliphatic carbocycles. The van der Waals surface area contributed by atoms with Crippen LogP contribution >= 0.6 is 0 Å². The van der Waals surface area contributed by atoms with Gasteiger partial charge >= 0.3 is 12.0 Å². The van der Waals surface area contributed by atoms with Gasteiger partial charge < -0.3 is 15.3 Å². The summed E-state index contributed by atoms with van der Waals surface area (Å²) in [6.07, 6.45) is 4.26. The van der Waals surface area contributed by atoms with Crippen LogP contribution in [-0.2, 0) is 4.79 Å². The Labute approximate surface area is 121 Å². The third kappa shape index (κ3) is 6.26. The van der Waals surface area contributed by atoms with Gasteiger partial charge in [0.15, 0.2) is 0 Å². The highest BCUT2D eigenvalue weighted by Gasteiger charge is 2.28. The lowest BCUT2D eigenvalue weighted by Gasteiger charge is -2.21. The first-order valence-corrected chi connectivity index (χ1v) is 7.65. The summed E-state index contributed by atoms with van der Waals surface area (Å²) in [6.45, 7) is 7.68. The number of hydrogen-bond donors (Lipinski definition) is 2.